The molecule has 0 aromatic heterocycles. The van der Waals surface area contributed by atoms with Crippen molar-refractivity contribution in [2.24, 2.45) is 22.7 Å². The summed E-state index contributed by atoms with van der Waals surface area (Å²) >= 11 is 0. The summed E-state index contributed by atoms with van der Waals surface area (Å²) in [6, 6.07) is 0. The molecule has 1 aliphatic heterocycles. The highest BCUT2D eigenvalue weighted by atomic mass is 16.6. The zero-order valence-electron chi connectivity index (χ0n) is 18.4. The Morgan fingerprint density at radius 2 is 2.10 bits per heavy atom. The van der Waals surface area contributed by atoms with Gasteiger partial charge in [0.25, 0.3) is 0 Å². The van der Waals surface area contributed by atoms with Crippen molar-refractivity contribution in [3.05, 3.63) is 35.5 Å². The molecule has 160 valence electrons. The number of aliphatic hydroxyl groups excluding tert-OH is 1. The number of hydrogen-bond acceptors (Lipinski definition) is 4. The van der Waals surface area contributed by atoms with Gasteiger partial charge in [0.05, 0.1) is 5.57 Å². The van der Waals surface area contributed by atoms with Gasteiger partial charge < -0.3 is 9.84 Å². The van der Waals surface area contributed by atoms with Crippen molar-refractivity contribution in [2.75, 3.05) is 0 Å². The molecule has 1 N–H and O–H groups in total. The Morgan fingerprint density at radius 1 is 1.38 bits per heavy atom. The maximum absolute atomic E-state index is 13.0. The smallest absolute Gasteiger partial charge is 0.333 e. The number of cyclic esters (lactones) is 1. The second-order valence-corrected chi connectivity index (χ2v) is 10.1. The molecule has 0 saturated heterocycles. The molecule has 0 radical (unpaired) electrons. The number of esters is 1. The van der Waals surface area contributed by atoms with Gasteiger partial charge in [-0.25, -0.2) is 4.79 Å². The Kier molecular flexibility index (Phi) is 6.24. The predicted molar refractivity (Wildman–Crippen MR) is 114 cm³/mol. The average Bonchev–Trinajstić information content (AvgIpc) is 2.97. The number of rotatable bonds is 7. The standard InChI is InChI=1S/C25H36O4/c1-16(2)8-6-12-24(4)13-7-9-20-19(24)11-10-17(3)25(20,5)15-21(26)18-14-22(27)29-23(18)28/h11,14,17,20,23,28H,1,6-10,12-13,15H2,2-5H3/t17-,20-,23-,24-,25-/m1/s1. The quantitative estimate of drug-likeness (QED) is 0.467. The zero-order chi connectivity index (χ0) is 21.4. The molecule has 4 nitrogen and oxygen atoms in total. The molecule has 2 aliphatic carbocycles. The summed E-state index contributed by atoms with van der Waals surface area (Å²) in [4.78, 5) is 24.5. The fraction of sp³-hybridized carbons (Fsp3) is 0.680. The van der Waals surface area contributed by atoms with E-state index < -0.39 is 12.3 Å². The van der Waals surface area contributed by atoms with Crippen LogP contribution in [0, 0.1) is 22.7 Å². The van der Waals surface area contributed by atoms with Crippen LogP contribution in [0.15, 0.2) is 35.5 Å². The van der Waals surface area contributed by atoms with Crippen molar-refractivity contribution in [3.8, 4) is 0 Å². The fourth-order valence-electron chi connectivity index (χ4n) is 5.83. The Balaban J connectivity index is 1.82. The summed E-state index contributed by atoms with van der Waals surface area (Å²) in [6.45, 7) is 13.0. The molecule has 5 atom stereocenters. The second-order valence-electron chi connectivity index (χ2n) is 10.1. The van der Waals surface area contributed by atoms with Crippen LogP contribution in [0.5, 0.6) is 0 Å². The van der Waals surface area contributed by atoms with Crippen LogP contribution in [0.25, 0.3) is 0 Å². The van der Waals surface area contributed by atoms with Gasteiger partial charge >= 0.3 is 5.97 Å². The molecular weight excluding hydrogens is 364 g/mol. The summed E-state index contributed by atoms with van der Waals surface area (Å²) in [5.74, 6) is -0.0529. The SMILES string of the molecule is C=C(C)CCC[C@]1(C)CCC[C@@H]2C1=CC[C@@H](C)[C@@]2(C)CC(=O)C1=CC(=O)O[C@H]1O. The molecule has 0 unspecified atom stereocenters. The van der Waals surface area contributed by atoms with Gasteiger partial charge in [-0.05, 0) is 68.1 Å². The lowest BCUT2D eigenvalue weighted by molar-refractivity contribution is -0.151. The van der Waals surface area contributed by atoms with Crippen LogP contribution in [0.3, 0.4) is 0 Å². The van der Waals surface area contributed by atoms with E-state index in [9.17, 15) is 14.7 Å². The van der Waals surface area contributed by atoms with Crippen molar-refractivity contribution >= 4 is 11.8 Å². The predicted octanol–water partition coefficient (Wildman–Crippen LogP) is 5.27. The van der Waals surface area contributed by atoms with E-state index in [2.05, 4.69) is 40.3 Å². The number of aliphatic hydroxyl groups is 1. The molecule has 0 spiro atoms. The summed E-state index contributed by atoms with van der Waals surface area (Å²) in [7, 11) is 0. The summed E-state index contributed by atoms with van der Waals surface area (Å²) in [6.07, 6.45) is 10.4. The van der Waals surface area contributed by atoms with Crippen molar-refractivity contribution in [1.82, 2.24) is 0 Å². The van der Waals surface area contributed by atoms with Crippen molar-refractivity contribution in [3.63, 3.8) is 0 Å². The van der Waals surface area contributed by atoms with Gasteiger partial charge in [0, 0.05) is 12.5 Å². The lowest BCUT2D eigenvalue weighted by atomic mass is 9.50. The molecule has 0 aromatic carbocycles. The lowest BCUT2D eigenvalue weighted by Crippen LogP contribution is -2.45. The first-order valence-corrected chi connectivity index (χ1v) is 11.1. The molecule has 0 bridgehead atoms. The Morgan fingerprint density at radius 3 is 2.72 bits per heavy atom. The van der Waals surface area contributed by atoms with Crippen LogP contribution in [-0.2, 0) is 14.3 Å². The van der Waals surface area contributed by atoms with E-state index in [0.29, 0.717) is 18.3 Å². The maximum atomic E-state index is 13.0. The summed E-state index contributed by atoms with van der Waals surface area (Å²) in [5.41, 5.74) is 2.90. The molecule has 4 heteroatoms. The van der Waals surface area contributed by atoms with Gasteiger partial charge in [0.1, 0.15) is 0 Å². The van der Waals surface area contributed by atoms with E-state index >= 15 is 0 Å². The lowest BCUT2D eigenvalue weighted by Gasteiger charge is -2.54. The van der Waals surface area contributed by atoms with Gasteiger partial charge in [-0.1, -0.05) is 44.4 Å². The van der Waals surface area contributed by atoms with E-state index in [-0.39, 0.29) is 22.2 Å². The van der Waals surface area contributed by atoms with E-state index in [1.54, 1.807) is 0 Å². The van der Waals surface area contributed by atoms with E-state index in [4.69, 9.17) is 4.74 Å². The number of carbonyl (C=O) groups excluding carboxylic acids is 2. The molecular formula is C25H36O4. The molecule has 3 aliphatic rings. The number of carbonyl (C=O) groups is 2. The number of hydrogen-bond donors (Lipinski definition) is 1. The first-order chi connectivity index (χ1) is 13.6. The minimum absolute atomic E-state index is 0.111. The Bertz CT molecular complexity index is 761. The third kappa shape index (κ3) is 4.28. The van der Waals surface area contributed by atoms with E-state index in [1.807, 2.05) is 0 Å². The Hall–Kier alpha value is -1.68. The van der Waals surface area contributed by atoms with Crippen LogP contribution < -0.4 is 0 Å². The van der Waals surface area contributed by atoms with Gasteiger partial charge in [-0.3, -0.25) is 4.79 Å². The van der Waals surface area contributed by atoms with Crippen LogP contribution in [-0.4, -0.2) is 23.1 Å². The number of ketones is 1. The molecule has 0 aromatic rings. The van der Waals surface area contributed by atoms with Gasteiger partial charge in [0.2, 0.25) is 6.29 Å². The normalized spacial score (nSPS) is 36.7. The molecule has 29 heavy (non-hydrogen) atoms. The number of fused-ring (bicyclic) bond motifs is 1. The highest BCUT2D eigenvalue weighted by Crippen LogP contribution is 2.59. The average molecular weight is 401 g/mol. The highest BCUT2D eigenvalue weighted by Gasteiger charge is 2.50. The maximum Gasteiger partial charge on any atom is 0.333 e. The van der Waals surface area contributed by atoms with Crippen molar-refractivity contribution < 1.29 is 19.4 Å². The van der Waals surface area contributed by atoms with Crippen LogP contribution in [0.4, 0.5) is 0 Å². The number of ether oxygens (including phenoxy) is 1. The molecule has 3 rings (SSSR count). The minimum atomic E-state index is -1.41. The van der Waals surface area contributed by atoms with Crippen LogP contribution in [0.1, 0.15) is 79.1 Å². The first-order valence-electron chi connectivity index (χ1n) is 11.1. The first kappa shape index (κ1) is 22.0. The topological polar surface area (TPSA) is 63.6 Å². The van der Waals surface area contributed by atoms with Crippen molar-refractivity contribution in [1.29, 1.82) is 0 Å². The summed E-state index contributed by atoms with van der Waals surface area (Å²) < 4.78 is 4.73. The third-order valence-electron chi connectivity index (χ3n) is 7.87. The van der Waals surface area contributed by atoms with Gasteiger partial charge in [0.15, 0.2) is 5.78 Å². The zero-order valence-corrected chi connectivity index (χ0v) is 18.4. The largest absolute Gasteiger partial charge is 0.428 e. The third-order valence-corrected chi connectivity index (χ3v) is 7.87. The highest BCUT2D eigenvalue weighted by molar-refractivity contribution is 6.04. The molecule has 1 heterocycles. The number of Topliss-reactive ketones (excluding diaryl/α,β-unsaturated/α-hetero) is 1. The molecule has 1 saturated carbocycles. The van der Waals surface area contributed by atoms with Gasteiger partial charge in [-0.2, -0.15) is 0 Å². The number of allylic oxidation sites excluding steroid dienone is 3. The van der Waals surface area contributed by atoms with Crippen molar-refractivity contribution in [2.45, 2.75) is 85.4 Å². The van der Waals surface area contributed by atoms with Crippen LogP contribution >= 0.6 is 0 Å². The summed E-state index contributed by atoms with van der Waals surface area (Å²) in [5, 5.41) is 9.92. The molecule has 1 fully saturated rings. The van der Waals surface area contributed by atoms with E-state index in [1.165, 1.54) is 24.0 Å². The van der Waals surface area contributed by atoms with Gasteiger partial charge in [-0.15, -0.1) is 6.58 Å². The second kappa shape index (κ2) is 8.22. The van der Waals surface area contributed by atoms with E-state index in [0.717, 1.165) is 38.2 Å². The van der Waals surface area contributed by atoms with Crippen LogP contribution in [0.2, 0.25) is 0 Å². The molecule has 0 amide bonds. The minimum Gasteiger partial charge on any atom is -0.428 e. The monoisotopic (exact) mass is 400 g/mol. The Labute approximate surface area is 175 Å². The fourth-order valence-corrected chi connectivity index (χ4v) is 5.83.